The Kier molecular flexibility index (Phi) is 5.62. The highest BCUT2D eigenvalue weighted by Gasteiger charge is 2.32. The molecule has 2 heterocycles. The summed E-state index contributed by atoms with van der Waals surface area (Å²) < 4.78 is 0. The summed E-state index contributed by atoms with van der Waals surface area (Å²) in [6.07, 6.45) is 2.87. The molecule has 12 heteroatoms. The maximum absolute atomic E-state index is 12.2. The Morgan fingerprint density at radius 1 is 1.41 bits per heavy atom. The number of carbonyl (C=O) groups excluding carboxylic acids is 2. The Morgan fingerprint density at radius 3 is 2.85 bits per heavy atom. The first-order chi connectivity index (χ1) is 12.9. The summed E-state index contributed by atoms with van der Waals surface area (Å²) in [6, 6.07) is 5.33. The second-order valence-electron chi connectivity index (χ2n) is 5.24. The van der Waals surface area contributed by atoms with Gasteiger partial charge in [-0.05, 0) is 12.1 Å². The summed E-state index contributed by atoms with van der Waals surface area (Å²) in [5.74, 6) is -0.703. The molecule has 1 unspecified atom stereocenters. The van der Waals surface area contributed by atoms with E-state index in [2.05, 4.69) is 25.6 Å². The number of benzene rings is 1. The molecule has 0 saturated carbocycles. The number of halogens is 1. The molecule has 1 aliphatic rings. The van der Waals surface area contributed by atoms with Crippen molar-refractivity contribution in [1.29, 1.82) is 0 Å². The first-order valence-electron chi connectivity index (χ1n) is 7.49. The van der Waals surface area contributed by atoms with E-state index in [9.17, 15) is 19.7 Å². The maximum Gasteiger partial charge on any atom is 0.271 e. The highest BCUT2D eigenvalue weighted by atomic mass is 35.5. The van der Waals surface area contributed by atoms with Gasteiger partial charge < -0.3 is 10.6 Å². The smallest absolute Gasteiger partial charge is 0.271 e. The number of aromatic nitrogens is 2. The van der Waals surface area contributed by atoms with Crippen LogP contribution in [0.2, 0.25) is 5.02 Å². The van der Waals surface area contributed by atoms with E-state index in [0.717, 1.165) is 17.8 Å². The van der Waals surface area contributed by atoms with Crippen molar-refractivity contribution in [3.8, 4) is 0 Å². The van der Waals surface area contributed by atoms with E-state index in [1.54, 1.807) is 6.07 Å². The second kappa shape index (κ2) is 8.10. The summed E-state index contributed by atoms with van der Waals surface area (Å²) in [4.78, 5) is 46.4. The lowest BCUT2D eigenvalue weighted by Crippen LogP contribution is -2.28. The number of anilines is 1. The molecule has 0 aliphatic carbocycles. The Bertz CT molecular complexity index is 939. The van der Waals surface area contributed by atoms with Crippen LogP contribution in [0.5, 0.6) is 0 Å². The number of non-ortho nitro benzene ring substituents is 1. The zero-order valence-electron chi connectivity index (χ0n) is 13.5. The number of hydrogen-bond donors (Lipinski definition) is 2. The SMILES string of the molecule is O=C(CC1S/C(=N\c2ncccn2)NC1=O)Nc1cc([N+](=O)[O-])ccc1Cl. The number of rotatable bonds is 5. The van der Waals surface area contributed by atoms with Gasteiger partial charge >= 0.3 is 0 Å². The Morgan fingerprint density at radius 2 is 2.15 bits per heavy atom. The Hall–Kier alpha value is -3.05. The van der Waals surface area contributed by atoms with Gasteiger partial charge in [0.1, 0.15) is 5.25 Å². The fourth-order valence-electron chi connectivity index (χ4n) is 2.12. The first kappa shape index (κ1) is 18.7. The average molecular weight is 407 g/mol. The van der Waals surface area contributed by atoms with Crippen LogP contribution in [0.25, 0.3) is 0 Å². The summed E-state index contributed by atoms with van der Waals surface area (Å²) in [7, 11) is 0. The van der Waals surface area contributed by atoms with E-state index in [1.807, 2.05) is 0 Å². The van der Waals surface area contributed by atoms with Gasteiger partial charge in [-0.2, -0.15) is 4.99 Å². The molecular weight excluding hydrogens is 396 g/mol. The third-order valence-electron chi connectivity index (χ3n) is 3.34. The molecule has 3 rings (SSSR count). The molecule has 10 nitrogen and oxygen atoms in total. The van der Waals surface area contributed by atoms with Crippen molar-refractivity contribution in [1.82, 2.24) is 15.3 Å². The zero-order chi connectivity index (χ0) is 19.4. The number of nitro groups is 1. The molecule has 1 atom stereocenters. The van der Waals surface area contributed by atoms with Crippen molar-refractivity contribution in [2.45, 2.75) is 11.7 Å². The standard InChI is InChI=1S/C15H11ClN6O4S/c16-9-3-2-8(22(25)26)6-10(9)19-12(23)7-11-13(24)20-15(27-11)21-14-17-4-1-5-18-14/h1-6,11H,7H2,(H,19,23)(H,17,18,20,21,24). The lowest BCUT2D eigenvalue weighted by atomic mass is 10.2. The van der Waals surface area contributed by atoms with Crippen LogP contribution < -0.4 is 10.6 Å². The molecule has 2 aromatic rings. The molecule has 1 aromatic carbocycles. The fraction of sp³-hybridized carbons (Fsp3) is 0.133. The number of aliphatic imine (C=N–C) groups is 1. The van der Waals surface area contributed by atoms with Crippen molar-refractivity contribution >= 4 is 57.7 Å². The predicted molar refractivity (Wildman–Crippen MR) is 100 cm³/mol. The maximum atomic E-state index is 12.2. The van der Waals surface area contributed by atoms with Crippen LogP contribution >= 0.6 is 23.4 Å². The van der Waals surface area contributed by atoms with E-state index in [1.165, 1.54) is 24.5 Å². The quantitative estimate of drug-likeness (QED) is 0.573. The van der Waals surface area contributed by atoms with Crippen molar-refractivity contribution in [2.75, 3.05) is 5.32 Å². The number of nitro benzene ring substituents is 1. The number of hydrogen-bond acceptors (Lipinski definition) is 8. The number of thioether (sulfide) groups is 1. The fourth-order valence-corrected chi connectivity index (χ4v) is 3.25. The van der Waals surface area contributed by atoms with Crippen LogP contribution in [0.1, 0.15) is 6.42 Å². The highest BCUT2D eigenvalue weighted by molar-refractivity contribution is 8.15. The average Bonchev–Trinajstić information content (AvgIpc) is 2.96. The minimum Gasteiger partial charge on any atom is -0.325 e. The first-order valence-corrected chi connectivity index (χ1v) is 8.75. The van der Waals surface area contributed by atoms with E-state index in [4.69, 9.17) is 11.6 Å². The van der Waals surface area contributed by atoms with Gasteiger partial charge in [0.05, 0.1) is 15.6 Å². The molecule has 2 N–H and O–H groups in total. The van der Waals surface area contributed by atoms with E-state index >= 15 is 0 Å². The van der Waals surface area contributed by atoms with Gasteiger partial charge in [0.15, 0.2) is 5.17 Å². The minimum atomic E-state index is -0.704. The summed E-state index contributed by atoms with van der Waals surface area (Å²) in [5.41, 5.74) is -0.106. The molecular formula is C15H11ClN6O4S. The van der Waals surface area contributed by atoms with E-state index in [-0.39, 0.29) is 39.8 Å². The normalized spacial score (nSPS) is 17.6. The lowest BCUT2D eigenvalue weighted by molar-refractivity contribution is -0.384. The Labute approximate surface area is 161 Å². The largest absolute Gasteiger partial charge is 0.325 e. The van der Waals surface area contributed by atoms with Gasteiger partial charge in [0.25, 0.3) is 11.6 Å². The van der Waals surface area contributed by atoms with Crippen molar-refractivity contribution in [2.24, 2.45) is 4.99 Å². The van der Waals surface area contributed by atoms with Gasteiger partial charge in [-0.15, -0.1) is 0 Å². The minimum absolute atomic E-state index is 0.103. The Balaban J connectivity index is 1.65. The van der Waals surface area contributed by atoms with E-state index in [0.29, 0.717) is 0 Å². The van der Waals surface area contributed by atoms with Gasteiger partial charge in [0.2, 0.25) is 11.8 Å². The molecule has 27 heavy (non-hydrogen) atoms. The molecule has 1 aromatic heterocycles. The number of amidine groups is 1. The van der Waals surface area contributed by atoms with Gasteiger partial charge in [-0.25, -0.2) is 9.97 Å². The van der Waals surface area contributed by atoms with Crippen molar-refractivity contribution < 1.29 is 14.5 Å². The lowest BCUT2D eigenvalue weighted by Gasteiger charge is -2.08. The summed E-state index contributed by atoms with van der Waals surface area (Å²) >= 11 is 7.02. The van der Waals surface area contributed by atoms with Crippen LogP contribution in [0.3, 0.4) is 0 Å². The van der Waals surface area contributed by atoms with Crippen molar-refractivity contribution in [3.63, 3.8) is 0 Å². The van der Waals surface area contributed by atoms with Crippen molar-refractivity contribution in [3.05, 3.63) is 51.8 Å². The number of carbonyl (C=O) groups is 2. The third-order valence-corrected chi connectivity index (χ3v) is 4.75. The van der Waals surface area contributed by atoms with Gasteiger partial charge in [0, 0.05) is 30.9 Å². The van der Waals surface area contributed by atoms with Gasteiger partial charge in [-0.3, -0.25) is 19.7 Å². The second-order valence-corrected chi connectivity index (χ2v) is 6.83. The summed E-state index contributed by atoms with van der Waals surface area (Å²) in [6.45, 7) is 0. The number of amides is 2. The van der Waals surface area contributed by atoms with Crippen LogP contribution in [0, 0.1) is 10.1 Å². The highest BCUT2D eigenvalue weighted by Crippen LogP contribution is 2.28. The van der Waals surface area contributed by atoms with Crippen LogP contribution in [-0.2, 0) is 9.59 Å². The molecule has 0 spiro atoms. The summed E-state index contributed by atoms with van der Waals surface area (Å²) in [5, 5.41) is 15.6. The predicted octanol–water partition coefficient (Wildman–Crippen LogP) is 2.29. The van der Waals surface area contributed by atoms with E-state index < -0.39 is 16.1 Å². The van der Waals surface area contributed by atoms with Gasteiger partial charge in [-0.1, -0.05) is 23.4 Å². The molecule has 0 bridgehead atoms. The molecule has 0 radical (unpaired) electrons. The number of nitrogens with zero attached hydrogens (tertiary/aromatic N) is 4. The molecule has 138 valence electrons. The monoisotopic (exact) mass is 406 g/mol. The molecule has 1 saturated heterocycles. The molecule has 1 aliphatic heterocycles. The number of nitrogens with one attached hydrogen (secondary N) is 2. The molecule has 1 fully saturated rings. The third kappa shape index (κ3) is 4.77. The molecule has 2 amide bonds. The zero-order valence-corrected chi connectivity index (χ0v) is 15.0. The topological polar surface area (TPSA) is 139 Å². The van der Waals surface area contributed by atoms with Crippen LogP contribution in [0.15, 0.2) is 41.7 Å². The van der Waals surface area contributed by atoms with Crippen LogP contribution in [-0.4, -0.2) is 37.1 Å². The van der Waals surface area contributed by atoms with Crippen LogP contribution in [0.4, 0.5) is 17.3 Å².